The van der Waals surface area contributed by atoms with Gasteiger partial charge in [0, 0.05) is 12.7 Å². The summed E-state index contributed by atoms with van der Waals surface area (Å²) < 4.78 is 5.83. The summed E-state index contributed by atoms with van der Waals surface area (Å²) in [5, 5.41) is 8.91. The number of halogens is 1. The van der Waals surface area contributed by atoms with E-state index >= 15 is 0 Å². The molecule has 1 aromatic heterocycles. The second-order valence-corrected chi connectivity index (χ2v) is 4.60. The molecule has 0 N–H and O–H groups in total. The van der Waals surface area contributed by atoms with Crippen LogP contribution in [0.25, 0.3) is 0 Å². The summed E-state index contributed by atoms with van der Waals surface area (Å²) >= 11 is 3.31. The highest BCUT2D eigenvalue weighted by atomic mass is 79.9. The number of methoxy groups -OCH3 is 1. The molecule has 0 aliphatic heterocycles. The number of anilines is 2. The third-order valence-corrected chi connectivity index (χ3v) is 3.10. The predicted molar refractivity (Wildman–Crippen MR) is 75.5 cm³/mol. The Bertz CT molecular complexity index is 639. The van der Waals surface area contributed by atoms with Crippen molar-refractivity contribution >= 4 is 27.6 Å². The summed E-state index contributed by atoms with van der Waals surface area (Å²) in [6, 6.07) is 9.34. The lowest BCUT2D eigenvalue weighted by molar-refractivity contribution is 0.394. The van der Waals surface area contributed by atoms with Gasteiger partial charge in [0.1, 0.15) is 0 Å². The van der Waals surface area contributed by atoms with E-state index in [9.17, 15) is 0 Å². The molecule has 0 saturated heterocycles. The van der Waals surface area contributed by atoms with Crippen LogP contribution in [0.5, 0.6) is 5.88 Å². The fourth-order valence-electron chi connectivity index (χ4n) is 1.55. The van der Waals surface area contributed by atoms with Crippen molar-refractivity contribution in [2.24, 2.45) is 0 Å². The number of nitrogens with zero attached hydrogens (tertiary/aromatic N) is 4. The van der Waals surface area contributed by atoms with Crippen molar-refractivity contribution in [3.8, 4) is 11.9 Å². The van der Waals surface area contributed by atoms with Gasteiger partial charge < -0.3 is 9.64 Å². The molecule has 0 aliphatic rings. The number of ether oxygens (including phenoxy) is 1. The molecule has 0 amide bonds. The molecule has 0 unspecified atom stereocenters. The molecule has 2 rings (SSSR count). The first-order valence-electron chi connectivity index (χ1n) is 5.46. The largest absolute Gasteiger partial charge is 0.480 e. The summed E-state index contributed by atoms with van der Waals surface area (Å²) in [7, 11) is 3.38. The Morgan fingerprint density at radius 1 is 1.42 bits per heavy atom. The lowest BCUT2D eigenvalue weighted by atomic mass is 10.2. The molecule has 0 radical (unpaired) electrons. The van der Waals surface area contributed by atoms with E-state index in [1.54, 1.807) is 30.3 Å². The number of aromatic nitrogens is 2. The van der Waals surface area contributed by atoms with Crippen LogP contribution in [0.1, 0.15) is 5.56 Å². The van der Waals surface area contributed by atoms with E-state index in [4.69, 9.17) is 10.00 Å². The maximum absolute atomic E-state index is 8.91. The van der Waals surface area contributed by atoms with E-state index in [0.717, 1.165) is 5.69 Å². The maximum atomic E-state index is 8.91. The van der Waals surface area contributed by atoms with Gasteiger partial charge in [-0.15, -0.1) is 0 Å². The summed E-state index contributed by atoms with van der Waals surface area (Å²) in [6.45, 7) is 0. The smallest absolute Gasteiger partial charge is 0.232 e. The third-order valence-electron chi connectivity index (χ3n) is 2.56. The van der Waals surface area contributed by atoms with E-state index in [-0.39, 0.29) is 0 Å². The van der Waals surface area contributed by atoms with Gasteiger partial charge in [-0.1, -0.05) is 6.07 Å². The minimum absolute atomic E-state index is 0.466. The van der Waals surface area contributed by atoms with E-state index in [1.165, 1.54) is 0 Å². The SMILES string of the molecule is COc1nc(N(C)c2cccc(C#N)c2)ncc1Br. The van der Waals surface area contributed by atoms with Crippen molar-refractivity contribution < 1.29 is 4.74 Å². The molecule has 0 aliphatic carbocycles. The van der Waals surface area contributed by atoms with Gasteiger partial charge >= 0.3 is 0 Å². The highest BCUT2D eigenvalue weighted by Crippen LogP contribution is 2.26. The Balaban J connectivity index is 2.38. The van der Waals surface area contributed by atoms with Crippen LogP contribution < -0.4 is 9.64 Å². The summed E-state index contributed by atoms with van der Waals surface area (Å²) in [5.41, 5.74) is 1.43. The minimum atomic E-state index is 0.466. The Morgan fingerprint density at radius 2 is 2.21 bits per heavy atom. The Labute approximate surface area is 119 Å². The van der Waals surface area contributed by atoms with Gasteiger partial charge in [0.05, 0.1) is 29.4 Å². The van der Waals surface area contributed by atoms with Crippen molar-refractivity contribution in [1.29, 1.82) is 5.26 Å². The molecular weight excluding hydrogens is 308 g/mol. The van der Waals surface area contributed by atoms with E-state index in [1.807, 2.05) is 19.2 Å². The second-order valence-electron chi connectivity index (χ2n) is 3.75. The summed E-state index contributed by atoms with van der Waals surface area (Å²) in [4.78, 5) is 10.3. The van der Waals surface area contributed by atoms with E-state index < -0.39 is 0 Å². The molecule has 96 valence electrons. The van der Waals surface area contributed by atoms with Gasteiger partial charge in [-0.25, -0.2) is 4.98 Å². The van der Waals surface area contributed by atoms with Crippen LogP contribution in [0.15, 0.2) is 34.9 Å². The van der Waals surface area contributed by atoms with Gasteiger partial charge in [0.2, 0.25) is 11.8 Å². The molecule has 0 fully saturated rings. The maximum Gasteiger partial charge on any atom is 0.232 e. The highest BCUT2D eigenvalue weighted by molar-refractivity contribution is 9.10. The van der Waals surface area contributed by atoms with Crippen molar-refractivity contribution in [2.45, 2.75) is 0 Å². The lowest BCUT2D eigenvalue weighted by Gasteiger charge is -2.17. The van der Waals surface area contributed by atoms with Gasteiger partial charge in [0.15, 0.2) is 0 Å². The van der Waals surface area contributed by atoms with Crippen molar-refractivity contribution in [3.63, 3.8) is 0 Å². The fourth-order valence-corrected chi connectivity index (χ4v) is 1.90. The van der Waals surface area contributed by atoms with Crippen LogP contribution in [-0.4, -0.2) is 24.1 Å². The monoisotopic (exact) mass is 318 g/mol. The molecule has 0 bridgehead atoms. The Morgan fingerprint density at radius 3 is 2.89 bits per heavy atom. The average Bonchev–Trinajstić information content (AvgIpc) is 2.47. The zero-order chi connectivity index (χ0) is 13.8. The molecule has 1 aromatic carbocycles. The molecule has 0 atom stereocenters. The van der Waals surface area contributed by atoms with Gasteiger partial charge in [0.25, 0.3) is 0 Å². The predicted octanol–water partition coefficient (Wildman–Crippen LogP) is 2.89. The molecule has 5 nitrogen and oxygen atoms in total. The van der Waals surface area contributed by atoms with Crippen LogP contribution in [0.3, 0.4) is 0 Å². The number of hydrogen-bond acceptors (Lipinski definition) is 5. The lowest BCUT2D eigenvalue weighted by Crippen LogP contribution is -2.13. The van der Waals surface area contributed by atoms with E-state index in [2.05, 4.69) is 32.0 Å². The minimum Gasteiger partial charge on any atom is -0.480 e. The first kappa shape index (κ1) is 13.3. The number of rotatable bonds is 3. The standard InChI is InChI=1S/C13H11BrN4O/c1-18(10-5-3-4-9(6-10)7-15)13-16-8-11(14)12(17-13)19-2/h3-6,8H,1-2H3. The zero-order valence-electron chi connectivity index (χ0n) is 10.5. The molecular formula is C13H11BrN4O. The van der Waals surface area contributed by atoms with Gasteiger partial charge in [-0.05, 0) is 34.1 Å². The first-order chi connectivity index (χ1) is 9.15. The number of nitriles is 1. The topological polar surface area (TPSA) is 62.0 Å². The van der Waals surface area contributed by atoms with Crippen molar-refractivity contribution in [3.05, 3.63) is 40.5 Å². The highest BCUT2D eigenvalue weighted by Gasteiger charge is 2.11. The molecule has 0 saturated carbocycles. The molecule has 6 heteroatoms. The van der Waals surface area contributed by atoms with Crippen LogP contribution in [0.4, 0.5) is 11.6 Å². The van der Waals surface area contributed by atoms with Crippen molar-refractivity contribution in [1.82, 2.24) is 9.97 Å². The molecule has 19 heavy (non-hydrogen) atoms. The zero-order valence-corrected chi connectivity index (χ0v) is 12.0. The Kier molecular flexibility index (Phi) is 3.97. The summed E-state index contributed by atoms with van der Waals surface area (Å²) in [5.74, 6) is 0.962. The average molecular weight is 319 g/mol. The molecule has 0 spiro atoms. The van der Waals surface area contributed by atoms with Crippen LogP contribution in [0.2, 0.25) is 0 Å². The fraction of sp³-hybridized carbons (Fsp3) is 0.154. The van der Waals surface area contributed by atoms with Crippen LogP contribution in [-0.2, 0) is 0 Å². The van der Waals surface area contributed by atoms with E-state index in [0.29, 0.717) is 21.9 Å². The molecule has 2 aromatic rings. The second kappa shape index (κ2) is 5.67. The number of benzene rings is 1. The Hall–Kier alpha value is -2.13. The van der Waals surface area contributed by atoms with Crippen LogP contribution in [0, 0.1) is 11.3 Å². The normalized spacial score (nSPS) is 9.79. The summed E-state index contributed by atoms with van der Waals surface area (Å²) in [6.07, 6.45) is 1.63. The quantitative estimate of drug-likeness (QED) is 0.870. The third kappa shape index (κ3) is 2.83. The van der Waals surface area contributed by atoms with Crippen molar-refractivity contribution in [2.75, 3.05) is 19.1 Å². The van der Waals surface area contributed by atoms with Crippen LogP contribution >= 0.6 is 15.9 Å². The van der Waals surface area contributed by atoms with Gasteiger partial charge in [-0.3, -0.25) is 0 Å². The first-order valence-corrected chi connectivity index (χ1v) is 6.25. The van der Waals surface area contributed by atoms with Gasteiger partial charge in [-0.2, -0.15) is 10.2 Å². The molecule has 1 heterocycles. The number of hydrogen-bond donors (Lipinski definition) is 0.